The maximum absolute atomic E-state index is 13.1. The van der Waals surface area contributed by atoms with E-state index in [-0.39, 0.29) is 11.9 Å². The molecule has 6 heteroatoms. The predicted octanol–water partition coefficient (Wildman–Crippen LogP) is 3.89. The largest absolute Gasteiger partial charge is 0.497 e. The Hall–Kier alpha value is -3.28. The van der Waals surface area contributed by atoms with Gasteiger partial charge in [0.1, 0.15) is 5.75 Å². The number of rotatable bonds is 4. The first-order chi connectivity index (χ1) is 13.3. The summed E-state index contributed by atoms with van der Waals surface area (Å²) >= 11 is 0. The molecule has 0 radical (unpaired) electrons. The van der Waals surface area contributed by atoms with Crippen molar-refractivity contribution in [1.82, 2.24) is 10.6 Å². The minimum Gasteiger partial charge on any atom is -0.497 e. The quantitative estimate of drug-likeness (QED) is 0.754. The van der Waals surface area contributed by atoms with Gasteiger partial charge in [-0.15, -0.1) is 0 Å². The molecule has 3 rings (SSSR count). The third-order valence-corrected chi connectivity index (χ3v) is 4.89. The number of aryl methyl sites for hydroxylation is 3. The van der Waals surface area contributed by atoms with Crippen LogP contribution in [0.2, 0.25) is 0 Å². The molecule has 0 spiro atoms. The molecule has 2 aromatic rings. The van der Waals surface area contributed by atoms with Gasteiger partial charge in [-0.1, -0.05) is 17.7 Å². The van der Waals surface area contributed by atoms with E-state index >= 15 is 0 Å². The summed E-state index contributed by atoms with van der Waals surface area (Å²) in [6.07, 6.45) is 0. The fraction of sp³-hybridized carbons (Fsp3) is 0.273. The number of allylic oxidation sites excluding steroid dienone is 1. The molecule has 6 nitrogen and oxygen atoms in total. The Bertz CT molecular complexity index is 938. The van der Waals surface area contributed by atoms with Gasteiger partial charge in [-0.25, -0.2) is 4.79 Å². The van der Waals surface area contributed by atoms with E-state index in [9.17, 15) is 9.59 Å². The summed E-state index contributed by atoms with van der Waals surface area (Å²) in [5.41, 5.74) is 5.84. The lowest BCUT2D eigenvalue weighted by Crippen LogP contribution is -2.46. The lowest BCUT2D eigenvalue weighted by molar-refractivity contribution is -0.113. The zero-order valence-electron chi connectivity index (χ0n) is 16.8. The van der Waals surface area contributed by atoms with Gasteiger partial charge in [0.2, 0.25) is 0 Å². The van der Waals surface area contributed by atoms with Crippen LogP contribution in [-0.4, -0.2) is 19.0 Å². The molecule has 3 N–H and O–H groups in total. The summed E-state index contributed by atoms with van der Waals surface area (Å²) in [6, 6.07) is 10.4. The minimum absolute atomic E-state index is 0.264. The topological polar surface area (TPSA) is 79.5 Å². The average Bonchev–Trinajstić information content (AvgIpc) is 2.61. The Morgan fingerprint density at radius 1 is 1.04 bits per heavy atom. The zero-order chi connectivity index (χ0) is 20.4. The Labute approximate surface area is 165 Å². The smallest absolute Gasteiger partial charge is 0.319 e. The number of carbonyl (C=O) groups is 2. The molecule has 1 heterocycles. The maximum Gasteiger partial charge on any atom is 0.319 e. The number of carbonyl (C=O) groups excluding carboxylic acids is 2. The summed E-state index contributed by atoms with van der Waals surface area (Å²) in [6.45, 7) is 7.77. The lowest BCUT2D eigenvalue weighted by atomic mass is 9.87. The van der Waals surface area contributed by atoms with Gasteiger partial charge < -0.3 is 20.7 Å². The van der Waals surface area contributed by atoms with Gasteiger partial charge >= 0.3 is 6.03 Å². The SMILES string of the molecule is COc1ccc(NC(=O)C2=C(C)NC(=O)N[C@H]2c2c(C)cc(C)cc2C)cc1. The van der Waals surface area contributed by atoms with Crippen molar-refractivity contribution in [1.29, 1.82) is 0 Å². The first-order valence-corrected chi connectivity index (χ1v) is 9.11. The van der Waals surface area contributed by atoms with Crippen LogP contribution in [0, 0.1) is 20.8 Å². The summed E-state index contributed by atoms with van der Waals surface area (Å²) in [4.78, 5) is 25.3. The molecule has 0 aliphatic carbocycles. The van der Waals surface area contributed by atoms with E-state index in [1.165, 1.54) is 0 Å². The van der Waals surface area contributed by atoms with E-state index in [1.807, 2.05) is 20.8 Å². The highest BCUT2D eigenvalue weighted by atomic mass is 16.5. The van der Waals surface area contributed by atoms with Crippen LogP contribution in [-0.2, 0) is 4.79 Å². The highest BCUT2D eigenvalue weighted by Crippen LogP contribution is 2.32. The standard InChI is InChI=1S/C22H25N3O3/c1-12-10-13(2)18(14(3)11-12)20-19(15(4)23-22(27)25-20)21(26)24-16-6-8-17(28-5)9-7-16/h6-11,20H,1-5H3,(H,24,26)(H2,23,25,27)/t20-/m0/s1. The lowest BCUT2D eigenvalue weighted by Gasteiger charge is -2.31. The van der Waals surface area contributed by atoms with Crippen LogP contribution in [0.5, 0.6) is 5.75 Å². The highest BCUT2D eigenvalue weighted by Gasteiger charge is 2.33. The Kier molecular flexibility index (Phi) is 5.40. The van der Waals surface area contributed by atoms with Crippen LogP contribution < -0.4 is 20.7 Å². The molecule has 3 amide bonds. The maximum atomic E-state index is 13.1. The molecular formula is C22H25N3O3. The first kappa shape index (κ1) is 19.5. The van der Waals surface area contributed by atoms with Crippen molar-refractivity contribution in [3.05, 3.63) is 69.9 Å². The van der Waals surface area contributed by atoms with Crippen molar-refractivity contribution >= 4 is 17.6 Å². The summed E-state index contributed by atoms with van der Waals surface area (Å²) in [7, 11) is 1.59. The van der Waals surface area contributed by atoms with E-state index in [4.69, 9.17) is 4.74 Å². The number of hydrogen-bond donors (Lipinski definition) is 3. The highest BCUT2D eigenvalue weighted by molar-refractivity contribution is 6.06. The fourth-order valence-corrected chi connectivity index (χ4v) is 3.73. The molecule has 0 fully saturated rings. The molecule has 1 aliphatic rings. The van der Waals surface area contributed by atoms with Gasteiger partial charge in [-0.05, 0) is 68.7 Å². The Morgan fingerprint density at radius 3 is 2.21 bits per heavy atom. The second kappa shape index (κ2) is 7.76. The van der Waals surface area contributed by atoms with Crippen LogP contribution in [0.1, 0.15) is 35.2 Å². The second-order valence-electron chi connectivity index (χ2n) is 7.07. The molecule has 0 aromatic heterocycles. The van der Waals surface area contributed by atoms with Crippen LogP contribution in [0.4, 0.5) is 10.5 Å². The van der Waals surface area contributed by atoms with Gasteiger partial charge in [0.05, 0.1) is 18.7 Å². The van der Waals surface area contributed by atoms with Crippen LogP contribution in [0.25, 0.3) is 0 Å². The third-order valence-electron chi connectivity index (χ3n) is 4.89. The monoisotopic (exact) mass is 379 g/mol. The molecule has 1 atom stereocenters. The van der Waals surface area contributed by atoms with E-state index in [0.717, 1.165) is 22.3 Å². The normalized spacial score (nSPS) is 16.3. The van der Waals surface area contributed by atoms with E-state index in [1.54, 1.807) is 38.3 Å². The van der Waals surface area contributed by atoms with Crippen molar-refractivity contribution in [3.8, 4) is 5.75 Å². The Balaban J connectivity index is 1.99. The second-order valence-corrected chi connectivity index (χ2v) is 7.07. The first-order valence-electron chi connectivity index (χ1n) is 9.11. The number of amides is 3. The van der Waals surface area contributed by atoms with Crippen molar-refractivity contribution < 1.29 is 14.3 Å². The number of nitrogens with one attached hydrogen (secondary N) is 3. The van der Waals surface area contributed by atoms with Crippen molar-refractivity contribution in [2.75, 3.05) is 12.4 Å². The van der Waals surface area contributed by atoms with Crippen LogP contribution in [0.15, 0.2) is 47.7 Å². The molecule has 0 saturated carbocycles. The van der Waals surface area contributed by atoms with Gasteiger partial charge in [-0.3, -0.25) is 4.79 Å². The number of urea groups is 1. The van der Waals surface area contributed by atoms with Crippen LogP contribution >= 0.6 is 0 Å². The molecule has 0 unspecified atom stereocenters. The average molecular weight is 379 g/mol. The number of ether oxygens (including phenoxy) is 1. The third kappa shape index (κ3) is 3.86. The predicted molar refractivity (Wildman–Crippen MR) is 109 cm³/mol. The molecule has 2 aromatic carbocycles. The zero-order valence-corrected chi connectivity index (χ0v) is 16.8. The number of methoxy groups -OCH3 is 1. The number of benzene rings is 2. The molecule has 0 saturated heterocycles. The minimum atomic E-state index is -0.521. The van der Waals surface area contributed by atoms with Gasteiger partial charge in [0.15, 0.2) is 0 Å². The van der Waals surface area contributed by atoms with E-state index in [0.29, 0.717) is 22.7 Å². The number of hydrogen-bond acceptors (Lipinski definition) is 3. The fourth-order valence-electron chi connectivity index (χ4n) is 3.73. The summed E-state index contributed by atoms with van der Waals surface area (Å²) in [5.74, 6) is 0.448. The summed E-state index contributed by atoms with van der Waals surface area (Å²) < 4.78 is 5.15. The number of anilines is 1. The van der Waals surface area contributed by atoms with Crippen molar-refractivity contribution in [3.63, 3.8) is 0 Å². The van der Waals surface area contributed by atoms with Crippen molar-refractivity contribution in [2.24, 2.45) is 0 Å². The Morgan fingerprint density at radius 2 is 1.64 bits per heavy atom. The molecular weight excluding hydrogens is 354 g/mol. The molecule has 1 aliphatic heterocycles. The molecule has 146 valence electrons. The van der Waals surface area contributed by atoms with Crippen LogP contribution in [0.3, 0.4) is 0 Å². The van der Waals surface area contributed by atoms with Gasteiger partial charge in [0, 0.05) is 11.4 Å². The molecule has 0 bridgehead atoms. The van der Waals surface area contributed by atoms with E-state index < -0.39 is 6.04 Å². The van der Waals surface area contributed by atoms with E-state index in [2.05, 4.69) is 28.1 Å². The summed E-state index contributed by atoms with van der Waals surface area (Å²) in [5, 5.41) is 8.54. The van der Waals surface area contributed by atoms with Gasteiger partial charge in [-0.2, -0.15) is 0 Å². The molecule has 28 heavy (non-hydrogen) atoms. The van der Waals surface area contributed by atoms with Crippen molar-refractivity contribution in [2.45, 2.75) is 33.7 Å². The van der Waals surface area contributed by atoms with Gasteiger partial charge in [0.25, 0.3) is 5.91 Å².